The first-order valence-corrected chi connectivity index (χ1v) is 7.70. The van der Waals surface area contributed by atoms with E-state index in [4.69, 9.17) is 4.74 Å². The van der Waals surface area contributed by atoms with Gasteiger partial charge in [-0.05, 0) is 44.6 Å². The third-order valence-corrected chi connectivity index (χ3v) is 4.25. The van der Waals surface area contributed by atoms with Crippen molar-refractivity contribution >= 4 is 5.97 Å². The molecule has 0 saturated heterocycles. The standard InChI is InChI=1S/C15H29NO3/c1-3-15(14(17)18,16-4-2)10-7-11-19-12-13-8-5-6-9-13/h13,16H,3-12H2,1-2H3,(H,17,18). The quantitative estimate of drug-likeness (QED) is 0.600. The highest BCUT2D eigenvalue weighted by Gasteiger charge is 2.34. The van der Waals surface area contributed by atoms with Gasteiger partial charge in [-0.25, -0.2) is 0 Å². The van der Waals surface area contributed by atoms with Crippen molar-refractivity contribution in [1.29, 1.82) is 0 Å². The molecule has 4 heteroatoms. The fourth-order valence-corrected chi connectivity index (χ4v) is 2.97. The molecule has 0 heterocycles. The van der Waals surface area contributed by atoms with E-state index in [9.17, 15) is 9.90 Å². The third kappa shape index (κ3) is 5.11. The van der Waals surface area contributed by atoms with Crippen LogP contribution in [0.3, 0.4) is 0 Å². The number of aliphatic carboxylic acids is 1. The second-order valence-electron chi connectivity index (χ2n) is 5.60. The molecule has 0 radical (unpaired) electrons. The lowest BCUT2D eigenvalue weighted by Crippen LogP contribution is -2.51. The van der Waals surface area contributed by atoms with Gasteiger partial charge in [-0.3, -0.25) is 4.79 Å². The number of carbonyl (C=O) groups is 1. The first kappa shape index (κ1) is 16.4. The van der Waals surface area contributed by atoms with E-state index in [0.717, 1.165) is 18.9 Å². The second-order valence-corrected chi connectivity index (χ2v) is 5.60. The minimum absolute atomic E-state index is 0.610. The SMILES string of the molecule is CCNC(CC)(CCCOCC1CCCC1)C(=O)O. The van der Waals surface area contributed by atoms with Crippen molar-refractivity contribution in [3.8, 4) is 0 Å². The molecule has 19 heavy (non-hydrogen) atoms. The Balaban J connectivity index is 2.21. The predicted molar refractivity (Wildman–Crippen MR) is 76.3 cm³/mol. The van der Waals surface area contributed by atoms with Crippen LogP contribution in [0, 0.1) is 5.92 Å². The zero-order chi connectivity index (χ0) is 14.1. The van der Waals surface area contributed by atoms with Gasteiger partial charge in [-0.1, -0.05) is 26.7 Å². The van der Waals surface area contributed by atoms with Gasteiger partial charge in [0.05, 0.1) is 0 Å². The Labute approximate surface area is 116 Å². The highest BCUT2D eigenvalue weighted by molar-refractivity contribution is 5.78. The lowest BCUT2D eigenvalue weighted by atomic mass is 9.90. The molecule has 1 saturated carbocycles. The minimum atomic E-state index is -0.772. The molecule has 0 aromatic rings. The van der Waals surface area contributed by atoms with Crippen LogP contribution in [0.5, 0.6) is 0 Å². The van der Waals surface area contributed by atoms with E-state index in [-0.39, 0.29) is 0 Å². The molecule has 2 N–H and O–H groups in total. The van der Waals surface area contributed by atoms with Crippen LogP contribution in [0.4, 0.5) is 0 Å². The molecule has 1 atom stereocenters. The summed E-state index contributed by atoms with van der Waals surface area (Å²) in [5, 5.41) is 12.5. The Morgan fingerprint density at radius 1 is 1.37 bits per heavy atom. The maximum Gasteiger partial charge on any atom is 0.323 e. The van der Waals surface area contributed by atoms with Gasteiger partial charge in [0.15, 0.2) is 0 Å². The molecule has 112 valence electrons. The van der Waals surface area contributed by atoms with Crippen LogP contribution < -0.4 is 5.32 Å². The number of nitrogens with one attached hydrogen (secondary N) is 1. The number of likely N-dealkylation sites (N-methyl/N-ethyl adjacent to an activating group) is 1. The van der Waals surface area contributed by atoms with E-state index >= 15 is 0 Å². The van der Waals surface area contributed by atoms with E-state index in [0.29, 0.717) is 26.0 Å². The van der Waals surface area contributed by atoms with Gasteiger partial charge >= 0.3 is 5.97 Å². The van der Waals surface area contributed by atoms with Crippen LogP contribution in [-0.2, 0) is 9.53 Å². The summed E-state index contributed by atoms with van der Waals surface area (Å²) >= 11 is 0. The molecule has 0 bridgehead atoms. The van der Waals surface area contributed by atoms with Gasteiger partial charge in [0.1, 0.15) is 5.54 Å². The smallest absolute Gasteiger partial charge is 0.323 e. The van der Waals surface area contributed by atoms with E-state index in [1.165, 1.54) is 25.7 Å². The van der Waals surface area contributed by atoms with Gasteiger partial charge in [-0.15, -0.1) is 0 Å². The Morgan fingerprint density at radius 2 is 2.05 bits per heavy atom. The number of hydrogen-bond donors (Lipinski definition) is 2. The molecule has 4 nitrogen and oxygen atoms in total. The summed E-state index contributed by atoms with van der Waals surface area (Å²) in [5.41, 5.74) is -0.772. The van der Waals surface area contributed by atoms with Gasteiger partial charge in [-0.2, -0.15) is 0 Å². The molecule has 0 aliphatic heterocycles. The summed E-state index contributed by atoms with van der Waals surface area (Å²) in [6.07, 6.45) is 7.33. The highest BCUT2D eigenvalue weighted by Crippen LogP contribution is 2.25. The number of carboxylic acids is 1. The summed E-state index contributed by atoms with van der Waals surface area (Å²) in [6, 6.07) is 0. The molecule has 1 fully saturated rings. The third-order valence-electron chi connectivity index (χ3n) is 4.25. The van der Waals surface area contributed by atoms with Crippen molar-refractivity contribution in [2.24, 2.45) is 5.92 Å². The molecule has 0 aromatic heterocycles. The zero-order valence-corrected chi connectivity index (χ0v) is 12.4. The molecule has 1 unspecified atom stereocenters. The van der Waals surface area contributed by atoms with Crippen LogP contribution in [0.15, 0.2) is 0 Å². The summed E-state index contributed by atoms with van der Waals surface area (Å²) in [5.74, 6) is -0.00295. The average molecular weight is 271 g/mol. The molecule has 0 aromatic carbocycles. The van der Waals surface area contributed by atoms with Gasteiger partial charge in [0, 0.05) is 13.2 Å². The summed E-state index contributed by atoms with van der Waals surface area (Å²) in [4.78, 5) is 11.4. The lowest BCUT2D eigenvalue weighted by molar-refractivity contribution is -0.145. The summed E-state index contributed by atoms with van der Waals surface area (Å²) in [7, 11) is 0. The molecule has 1 rings (SSSR count). The Morgan fingerprint density at radius 3 is 2.58 bits per heavy atom. The van der Waals surface area contributed by atoms with Crippen molar-refractivity contribution in [2.75, 3.05) is 19.8 Å². The maximum atomic E-state index is 11.4. The van der Waals surface area contributed by atoms with Crippen LogP contribution in [-0.4, -0.2) is 36.4 Å². The van der Waals surface area contributed by atoms with Gasteiger partial charge in [0.25, 0.3) is 0 Å². The molecule has 1 aliphatic rings. The van der Waals surface area contributed by atoms with E-state index in [1.807, 2.05) is 13.8 Å². The van der Waals surface area contributed by atoms with Crippen molar-refractivity contribution in [3.63, 3.8) is 0 Å². The van der Waals surface area contributed by atoms with Crippen molar-refractivity contribution in [3.05, 3.63) is 0 Å². The zero-order valence-electron chi connectivity index (χ0n) is 12.4. The summed E-state index contributed by atoms with van der Waals surface area (Å²) in [6.45, 7) is 6.09. The van der Waals surface area contributed by atoms with Gasteiger partial charge in [0.2, 0.25) is 0 Å². The minimum Gasteiger partial charge on any atom is -0.480 e. The van der Waals surface area contributed by atoms with Crippen molar-refractivity contribution in [1.82, 2.24) is 5.32 Å². The number of rotatable bonds is 10. The number of ether oxygens (including phenoxy) is 1. The predicted octanol–water partition coefficient (Wildman–Crippen LogP) is 2.82. The van der Waals surface area contributed by atoms with E-state index in [2.05, 4.69) is 5.32 Å². The topological polar surface area (TPSA) is 58.6 Å². The fourth-order valence-electron chi connectivity index (χ4n) is 2.97. The monoisotopic (exact) mass is 271 g/mol. The Kier molecular flexibility index (Phi) is 7.39. The lowest BCUT2D eigenvalue weighted by Gasteiger charge is -2.29. The Bertz CT molecular complexity index is 264. The normalized spacial score (nSPS) is 19.5. The summed E-state index contributed by atoms with van der Waals surface area (Å²) < 4.78 is 5.69. The molecule has 0 spiro atoms. The molecule has 1 aliphatic carbocycles. The molecular weight excluding hydrogens is 242 g/mol. The molecule has 0 amide bonds. The first-order valence-electron chi connectivity index (χ1n) is 7.70. The number of carboxylic acid groups (broad SMARTS) is 1. The highest BCUT2D eigenvalue weighted by atomic mass is 16.5. The van der Waals surface area contributed by atoms with Crippen LogP contribution >= 0.6 is 0 Å². The average Bonchev–Trinajstić information content (AvgIpc) is 2.90. The van der Waals surface area contributed by atoms with E-state index in [1.54, 1.807) is 0 Å². The van der Waals surface area contributed by atoms with Crippen LogP contribution in [0.2, 0.25) is 0 Å². The first-order chi connectivity index (χ1) is 9.14. The van der Waals surface area contributed by atoms with Crippen molar-refractivity contribution in [2.45, 2.75) is 64.3 Å². The van der Waals surface area contributed by atoms with Crippen LogP contribution in [0.1, 0.15) is 58.8 Å². The second kappa shape index (κ2) is 8.54. The maximum absolute atomic E-state index is 11.4. The van der Waals surface area contributed by atoms with Gasteiger partial charge < -0.3 is 15.2 Å². The van der Waals surface area contributed by atoms with E-state index < -0.39 is 11.5 Å². The molecular formula is C15H29NO3. The Hall–Kier alpha value is -0.610. The van der Waals surface area contributed by atoms with Crippen molar-refractivity contribution < 1.29 is 14.6 Å². The fraction of sp³-hybridized carbons (Fsp3) is 0.933. The van der Waals surface area contributed by atoms with Crippen LogP contribution in [0.25, 0.3) is 0 Å². The largest absolute Gasteiger partial charge is 0.480 e. The number of hydrogen-bond acceptors (Lipinski definition) is 3.